The smallest absolute Gasteiger partial charge is 0.248 e. The number of hydrogen-bond acceptors (Lipinski definition) is 6. The topological polar surface area (TPSA) is 92.3 Å². The van der Waals surface area contributed by atoms with Gasteiger partial charge in [0, 0.05) is 6.42 Å². The first-order chi connectivity index (χ1) is 9.69. The third-order valence-electron chi connectivity index (χ3n) is 2.63. The second kappa shape index (κ2) is 6.55. The number of nitrogen functional groups attached to an aromatic ring is 1. The van der Waals surface area contributed by atoms with Crippen LogP contribution in [0, 0.1) is 0 Å². The van der Waals surface area contributed by atoms with Crippen LogP contribution < -0.4 is 15.2 Å². The Labute approximate surface area is 116 Å². The van der Waals surface area contributed by atoms with E-state index in [-0.39, 0.29) is 11.9 Å². The van der Waals surface area contributed by atoms with Crippen LogP contribution in [0.5, 0.6) is 11.5 Å². The number of ether oxygens (including phenoxy) is 2. The summed E-state index contributed by atoms with van der Waals surface area (Å²) in [5.41, 5.74) is 5.34. The first kappa shape index (κ1) is 13.9. The van der Waals surface area contributed by atoms with Crippen molar-refractivity contribution in [2.75, 3.05) is 19.5 Å². The zero-order valence-electron chi connectivity index (χ0n) is 11.2. The number of rotatable bonds is 6. The largest absolute Gasteiger partial charge is 0.497 e. The maximum absolute atomic E-state index is 11.7. The number of methoxy groups -OCH3 is 1. The summed E-state index contributed by atoms with van der Waals surface area (Å²) in [7, 11) is 1.61. The molecule has 1 aromatic heterocycles. The molecule has 0 radical (unpaired) electrons. The van der Waals surface area contributed by atoms with E-state index >= 15 is 0 Å². The van der Waals surface area contributed by atoms with Crippen LogP contribution in [0.1, 0.15) is 17.6 Å². The summed E-state index contributed by atoms with van der Waals surface area (Å²) in [6.07, 6.45) is 2.21. The number of carbonyl (C=O) groups excluding carboxylic acids is 1. The van der Waals surface area contributed by atoms with Crippen LogP contribution in [0.25, 0.3) is 0 Å². The Morgan fingerprint density at radius 1 is 1.30 bits per heavy atom. The third-order valence-corrected chi connectivity index (χ3v) is 2.63. The van der Waals surface area contributed by atoms with E-state index in [1.54, 1.807) is 7.11 Å². The van der Waals surface area contributed by atoms with Crippen LogP contribution in [0.4, 0.5) is 5.95 Å². The Bertz CT molecular complexity index is 565. The second-order valence-corrected chi connectivity index (χ2v) is 4.07. The number of hydrogen-bond donors (Lipinski definition) is 1. The lowest BCUT2D eigenvalue weighted by molar-refractivity contribution is 0.0877. The molecule has 0 amide bonds. The molecule has 7 nitrogen and oxygen atoms in total. The average molecular weight is 276 g/mol. The van der Waals surface area contributed by atoms with Gasteiger partial charge in [-0.1, -0.05) is 0 Å². The monoisotopic (exact) mass is 276 g/mol. The van der Waals surface area contributed by atoms with Gasteiger partial charge in [0.1, 0.15) is 17.8 Å². The van der Waals surface area contributed by atoms with E-state index in [0.717, 1.165) is 16.2 Å². The molecule has 20 heavy (non-hydrogen) atoms. The highest BCUT2D eigenvalue weighted by Crippen LogP contribution is 2.17. The summed E-state index contributed by atoms with van der Waals surface area (Å²) in [5, 5.41) is 3.75. The Morgan fingerprint density at radius 2 is 2.00 bits per heavy atom. The minimum atomic E-state index is -0.160. The van der Waals surface area contributed by atoms with Crippen molar-refractivity contribution in [1.82, 2.24) is 14.8 Å². The van der Waals surface area contributed by atoms with Crippen molar-refractivity contribution in [2.45, 2.75) is 12.8 Å². The molecule has 0 unspecified atom stereocenters. The Morgan fingerprint density at radius 3 is 2.60 bits per heavy atom. The Balaban J connectivity index is 1.72. The lowest BCUT2D eigenvalue weighted by Gasteiger charge is -2.06. The maximum atomic E-state index is 11.7. The molecule has 1 aromatic carbocycles. The zero-order valence-corrected chi connectivity index (χ0v) is 11.2. The van der Waals surface area contributed by atoms with Crippen LogP contribution in [-0.2, 0) is 0 Å². The van der Waals surface area contributed by atoms with Gasteiger partial charge in [0.2, 0.25) is 11.9 Å². The van der Waals surface area contributed by atoms with E-state index in [9.17, 15) is 4.79 Å². The molecule has 7 heteroatoms. The van der Waals surface area contributed by atoms with E-state index in [0.29, 0.717) is 19.4 Å². The molecule has 0 atom stereocenters. The molecule has 0 bridgehead atoms. The molecule has 106 valence electrons. The minimum absolute atomic E-state index is 0.0906. The number of benzene rings is 1. The van der Waals surface area contributed by atoms with Crippen LogP contribution in [-0.4, -0.2) is 34.4 Å². The standard InChI is InChI=1S/C13H16N4O3/c1-19-10-4-6-11(7-5-10)20-8-2-3-12(18)17-9-15-13(14)16-17/h4-7,9H,2-3,8H2,1H3,(H2,14,16). The molecule has 0 aliphatic rings. The third kappa shape index (κ3) is 3.71. The fourth-order valence-corrected chi connectivity index (χ4v) is 1.60. The van der Waals surface area contributed by atoms with Gasteiger partial charge >= 0.3 is 0 Å². The maximum Gasteiger partial charge on any atom is 0.248 e. The average Bonchev–Trinajstić information content (AvgIpc) is 2.91. The molecule has 0 saturated carbocycles. The fraction of sp³-hybridized carbons (Fsp3) is 0.308. The van der Waals surface area contributed by atoms with Crippen molar-refractivity contribution in [1.29, 1.82) is 0 Å². The van der Waals surface area contributed by atoms with E-state index in [1.807, 2.05) is 24.3 Å². The molecular weight excluding hydrogens is 260 g/mol. The molecule has 0 aliphatic heterocycles. The highest BCUT2D eigenvalue weighted by atomic mass is 16.5. The van der Waals surface area contributed by atoms with Crippen LogP contribution in [0.15, 0.2) is 30.6 Å². The molecule has 0 fully saturated rings. The van der Waals surface area contributed by atoms with Crippen LogP contribution >= 0.6 is 0 Å². The van der Waals surface area contributed by atoms with Crippen LogP contribution in [0.3, 0.4) is 0 Å². The van der Waals surface area contributed by atoms with Gasteiger partial charge in [-0.25, -0.2) is 4.98 Å². The van der Waals surface area contributed by atoms with Crippen molar-refractivity contribution in [3.05, 3.63) is 30.6 Å². The lowest BCUT2D eigenvalue weighted by Crippen LogP contribution is -2.12. The summed E-state index contributed by atoms with van der Waals surface area (Å²) in [5.74, 6) is 1.44. The predicted molar refractivity (Wildman–Crippen MR) is 72.8 cm³/mol. The van der Waals surface area contributed by atoms with E-state index in [2.05, 4.69) is 10.1 Å². The lowest BCUT2D eigenvalue weighted by atomic mass is 10.3. The highest BCUT2D eigenvalue weighted by Gasteiger charge is 2.06. The summed E-state index contributed by atoms with van der Waals surface area (Å²) < 4.78 is 11.7. The molecular formula is C13H16N4O3. The summed E-state index contributed by atoms with van der Waals surface area (Å²) in [4.78, 5) is 15.4. The van der Waals surface area contributed by atoms with E-state index in [1.165, 1.54) is 6.33 Å². The molecule has 2 aromatic rings. The number of nitrogens with two attached hydrogens (primary N) is 1. The molecule has 0 spiro atoms. The number of aromatic nitrogens is 3. The number of carbonyl (C=O) groups is 1. The van der Waals surface area contributed by atoms with Gasteiger partial charge in [0.15, 0.2) is 0 Å². The SMILES string of the molecule is COc1ccc(OCCCC(=O)n2cnc(N)n2)cc1. The molecule has 2 rings (SSSR count). The first-order valence-electron chi connectivity index (χ1n) is 6.16. The summed E-state index contributed by atoms with van der Waals surface area (Å²) in [6.45, 7) is 0.447. The van der Waals surface area contributed by atoms with Gasteiger partial charge in [-0.3, -0.25) is 4.79 Å². The minimum Gasteiger partial charge on any atom is -0.497 e. The van der Waals surface area contributed by atoms with Gasteiger partial charge in [-0.15, -0.1) is 5.10 Å². The predicted octanol–water partition coefficient (Wildman–Crippen LogP) is 1.37. The van der Waals surface area contributed by atoms with Gasteiger partial charge in [-0.2, -0.15) is 4.68 Å². The van der Waals surface area contributed by atoms with Gasteiger partial charge in [0.05, 0.1) is 13.7 Å². The summed E-state index contributed by atoms with van der Waals surface area (Å²) in [6, 6.07) is 7.27. The van der Waals surface area contributed by atoms with Gasteiger partial charge in [0.25, 0.3) is 0 Å². The van der Waals surface area contributed by atoms with E-state index in [4.69, 9.17) is 15.2 Å². The quantitative estimate of drug-likeness (QED) is 0.801. The summed E-state index contributed by atoms with van der Waals surface area (Å²) >= 11 is 0. The van der Waals surface area contributed by atoms with E-state index < -0.39 is 0 Å². The van der Waals surface area contributed by atoms with Crippen LogP contribution in [0.2, 0.25) is 0 Å². The van der Waals surface area contributed by atoms with Crippen molar-refractivity contribution >= 4 is 11.9 Å². The van der Waals surface area contributed by atoms with Crippen molar-refractivity contribution in [2.24, 2.45) is 0 Å². The highest BCUT2D eigenvalue weighted by molar-refractivity contribution is 5.77. The van der Waals surface area contributed by atoms with Crippen molar-refractivity contribution in [3.8, 4) is 11.5 Å². The Hall–Kier alpha value is -2.57. The zero-order chi connectivity index (χ0) is 14.4. The van der Waals surface area contributed by atoms with Crippen molar-refractivity contribution in [3.63, 3.8) is 0 Å². The second-order valence-electron chi connectivity index (χ2n) is 4.07. The van der Waals surface area contributed by atoms with Crippen molar-refractivity contribution < 1.29 is 14.3 Å². The van der Waals surface area contributed by atoms with Gasteiger partial charge < -0.3 is 15.2 Å². The van der Waals surface area contributed by atoms with Gasteiger partial charge in [-0.05, 0) is 30.7 Å². The molecule has 0 saturated heterocycles. The molecule has 0 aliphatic carbocycles. The molecule has 2 N–H and O–H groups in total. The first-order valence-corrected chi connectivity index (χ1v) is 6.16. The molecule has 1 heterocycles. The normalized spacial score (nSPS) is 10.2. The number of nitrogens with zero attached hydrogens (tertiary/aromatic N) is 3. The Kier molecular flexibility index (Phi) is 4.54. The number of anilines is 1. The fourth-order valence-electron chi connectivity index (χ4n) is 1.60.